The molecular weight excluding hydrogens is 225 g/mol. The summed E-state index contributed by atoms with van der Waals surface area (Å²) in [4.78, 5) is 0. The lowest BCUT2D eigenvalue weighted by molar-refractivity contribution is 0.359. The van der Waals surface area contributed by atoms with E-state index in [-0.39, 0.29) is 11.9 Å². The fourth-order valence-corrected chi connectivity index (χ4v) is 2.89. The van der Waals surface area contributed by atoms with E-state index in [0.717, 1.165) is 5.56 Å². The molecular formula is C16H24FN. The highest BCUT2D eigenvalue weighted by molar-refractivity contribution is 5.20. The van der Waals surface area contributed by atoms with Gasteiger partial charge in [0.05, 0.1) is 0 Å². The maximum atomic E-state index is 13.7. The van der Waals surface area contributed by atoms with Crippen molar-refractivity contribution in [3.8, 4) is 0 Å². The van der Waals surface area contributed by atoms with Crippen molar-refractivity contribution < 1.29 is 4.39 Å². The molecule has 0 saturated heterocycles. The van der Waals surface area contributed by atoms with Crippen LogP contribution in [-0.4, -0.2) is 6.04 Å². The lowest BCUT2D eigenvalue weighted by atomic mass is 9.95. The van der Waals surface area contributed by atoms with Crippen LogP contribution in [0.5, 0.6) is 0 Å². The van der Waals surface area contributed by atoms with Gasteiger partial charge in [0, 0.05) is 17.6 Å². The van der Waals surface area contributed by atoms with Crippen molar-refractivity contribution in [2.24, 2.45) is 0 Å². The molecule has 2 heteroatoms. The first-order valence-electron chi connectivity index (χ1n) is 7.28. The van der Waals surface area contributed by atoms with Gasteiger partial charge < -0.3 is 5.32 Å². The average molecular weight is 249 g/mol. The molecule has 1 aliphatic carbocycles. The van der Waals surface area contributed by atoms with Crippen LogP contribution in [0.2, 0.25) is 0 Å². The van der Waals surface area contributed by atoms with Crippen molar-refractivity contribution in [3.05, 3.63) is 35.6 Å². The number of hydrogen-bond acceptors (Lipinski definition) is 1. The molecule has 0 aromatic heterocycles. The summed E-state index contributed by atoms with van der Waals surface area (Å²) in [5.74, 6) is -0.0941. The average Bonchev–Trinajstić information content (AvgIpc) is 2.33. The molecule has 1 aliphatic rings. The van der Waals surface area contributed by atoms with Crippen molar-refractivity contribution in [1.82, 2.24) is 5.32 Å². The van der Waals surface area contributed by atoms with E-state index in [4.69, 9.17) is 0 Å². The predicted molar refractivity (Wildman–Crippen MR) is 74.1 cm³/mol. The Bertz CT molecular complexity index is 356. The van der Waals surface area contributed by atoms with Crippen molar-refractivity contribution in [2.45, 2.75) is 64.0 Å². The maximum absolute atomic E-state index is 13.7. The molecule has 0 aliphatic heterocycles. The SMILES string of the molecule is CC(NC1CCCCCCC1)c1ccccc1F. The Morgan fingerprint density at radius 3 is 2.33 bits per heavy atom. The molecule has 2 rings (SSSR count). The molecule has 0 amide bonds. The van der Waals surface area contributed by atoms with Gasteiger partial charge in [-0.05, 0) is 25.8 Å². The highest BCUT2D eigenvalue weighted by atomic mass is 19.1. The van der Waals surface area contributed by atoms with E-state index in [1.165, 1.54) is 44.9 Å². The van der Waals surface area contributed by atoms with Gasteiger partial charge in [0.25, 0.3) is 0 Å². The number of halogens is 1. The van der Waals surface area contributed by atoms with Gasteiger partial charge in [0.2, 0.25) is 0 Å². The van der Waals surface area contributed by atoms with Gasteiger partial charge in [-0.2, -0.15) is 0 Å². The van der Waals surface area contributed by atoms with Gasteiger partial charge in [0.1, 0.15) is 5.82 Å². The van der Waals surface area contributed by atoms with Gasteiger partial charge in [-0.3, -0.25) is 0 Å². The molecule has 1 aromatic carbocycles. The summed E-state index contributed by atoms with van der Waals surface area (Å²) >= 11 is 0. The van der Waals surface area contributed by atoms with Crippen LogP contribution in [0, 0.1) is 5.82 Å². The fourth-order valence-electron chi connectivity index (χ4n) is 2.89. The zero-order valence-electron chi connectivity index (χ0n) is 11.3. The van der Waals surface area contributed by atoms with E-state index in [2.05, 4.69) is 12.2 Å². The molecule has 1 saturated carbocycles. The van der Waals surface area contributed by atoms with E-state index in [1.807, 2.05) is 12.1 Å². The summed E-state index contributed by atoms with van der Waals surface area (Å²) in [5.41, 5.74) is 0.791. The van der Waals surface area contributed by atoms with Crippen molar-refractivity contribution in [3.63, 3.8) is 0 Å². The second-order valence-corrected chi connectivity index (χ2v) is 5.45. The number of hydrogen-bond donors (Lipinski definition) is 1. The Morgan fingerprint density at radius 1 is 1.06 bits per heavy atom. The highest BCUT2D eigenvalue weighted by Crippen LogP contribution is 2.22. The molecule has 1 aromatic rings. The molecule has 1 fully saturated rings. The van der Waals surface area contributed by atoms with E-state index in [9.17, 15) is 4.39 Å². The molecule has 0 bridgehead atoms. The van der Waals surface area contributed by atoms with E-state index in [1.54, 1.807) is 12.1 Å². The Balaban J connectivity index is 1.93. The summed E-state index contributed by atoms with van der Waals surface area (Å²) in [6, 6.07) is 7.76. The van der Waals surface area contributed by atoms with Crippen LogP contribution in [0.15, 0.2) is 24.3 Å². The standard InChI is InChI=1S/C16H24FN/c1-13(15-11-7-8-12-16(15)17)18-14-9-5-3-2-4-6-10-14/h7-8,11-14,18H,2-6,9-10H2,1H3. The zero-order valence-corrected chi connectivity index (χ0v) is 11.3. The third kappa shape index (κ3) is 3.81. The summed E-state index contributed by atoms with van der Waals surface area (Å²) in [6.45, 7) is 2.07. The highest BCUT2D eigenvalue weighted by Gasteiger charge is 2.16. The van der Waals surface area contributed by atoms with Gasteiger partial charge >= 0.3 is 0 Å². The minimum Gasteiger partial charge on any atom is -0.307 e. The van der Waals surface area contributed by atoms with E-state index >= 15 is 0 Å². The summed E-state index contributed by atoms with van der Waals surface area (Å²) in [6.07, 6.45) is 9.18. The van der Waals surface area contributed by atoms with Crippen LogP contribution >= 0.6 is 0 Å². The topological polar surface area (TPSA) is 12.0 Å². The van der Waals surface area contributed by atoms with Crippen LogP contribution in [0.3, 0.4) is 0 Å². The smallest absolute Gasteiger partial charge is 0.127 e. The van der Waals surface area contributed by atoms with E-state index in [0.29, 0.717) is 6.04 Å². The summed E-state index contributed by atoms with van der Waals surface area (Å²) in [7, 11) is 0. The minimum atomic E-state index is -0.0941. The van der Waals surface area contributed by atoms with Crippen molar-refractivity contribution >= 4 is 0 Å². The van der Waals surface area contributed by atoms with Crippen LogP contribution < -0.4 is 5.32 Å². The van der Waals surface area contributed by atoms with Gasteiger partial charge in [-0.1, -0.05) is 50.3 Å². The Hall–Kier alpha value is -0.890. The minimum absolute atomic E-state index is 0.0941. The first-order chi connectivity index (χ1) is 8.77. The molecule has 1 atom stereocenters. The molecule has 0 heterocycles. The first kappa shape index (κ1) is 13.5. The molecule has 1 N–H and O–H groups in total. The second-order valence-electron chi connectivity index (χ2n) is 5.45. The monoisotopic (exact) mass is 249 g/mol. The summed E-state index contributed by atoms with van der Waals surface area (Å²) in [5, 5.41) is 3.60. The zero-order chi connectivity index (χ0) is 12.8. The predicted octanol–water partition coefficient (Wildman–Crippen LogP) is 4.59. The van der Waals surface area contributed by atoms with Crippen LogP contribution in [-0.2, 0) is 0 Å². The Morgan fingerprint density at radius 2 is 1.67 bits per heavy atom. The van der Waals surface area contributed by atoms with E-state index < -0.39 is 0 Å². The molecule has 18 heavy (non-hydrogen) atoms. The van der Waals surface area contributed by atoms with Crippen LogP contribution in [0.1, 0.15) is 63.5 Å². The molecule has 100 valence electrons. The fraction of sp³-hybridized carbons (Fsp3) is 0.625. The maximum Gasteiger partial charge on any atom is 0.127 e. The van der Waals surface area contributed by atoms with Gasteiger partial charge in [-0.25, -0.2) is 4.39 Å². The van der Waals surface area contributed by atoms with Crippen molar-refractivity contribution in [2.75, 3.05) is 0 Å². The van der Waals surface area contributed by atoms with Gasteiger partial charge in [-0.15, -0.1) is 0 Å². The lowest BCUT2D eigenvalue weighted by Gasteiger charge is -2.25. The third-order valence-electron chi connectivity index (χ3n) is 3.96. The number of benzene rings is 1. The number of rotatable bonds is 3. The second kappa shape index (κ2) is 6.89. The normalized spacial score (nSPS) is 20.1. The van der Waals surface area contributed by atoms with Crippen molar-refractivity contribution in [1.29, 1.82) is 0 Å². The molecule has 0 radical (unpaired) electrons. The Labute approximate surface area is 110 Å². The quantitative estimate of drug-likeness (QED) is 0.826. The first-order valence-corrected chi connectivity index (χ1v) is 7.28. The largest absolute Gasteiger partial charge is 0.307 e. The van der Waals surface area contributed by atoms with Crippen LogP contribution in [0.25, 0.3) is 0 Å². The molecule has 1 unspecified atom stereocenters. The molecule has 1 nitrogen and oxygen atoms in total. The van der Waals surface area contributed by atoms with Gasteiger partial charge in [0.15, 0.2) is 0 Å². The molecule has 0 spiro atoms. The third-order valence-corrected chi connectivity index (χ3v) is 3.96. The summed E-state index contributed by atoms with van der Waals surface area (Å²) < 4.78 is 13.7. The Kier molecular flexibility index (Phi) is 5.18. The van der Waals surface area contributed by atoms with Crippen LogP contribution in [0.4, 0.5) is 4.39 Å². The number of nitrogens with one attached hydrogen (secondary N) is 1. The lowest BCUT2D eigenvalue weighted by Crippen LogP contribution is -2.32.